The first kappa shape index (κ1) is 23.0. The molecule has 0 spiro atoms. The highest BCUT2D eigenvalue weighted by Gasteiger charge is 2.25. The topological polar surface area (TPSA) is 102 Å². The summed E-state index contributed by atoms with van der Waals surface area (Å²) in [6.07, 6.45) is 3.68. The van der Waals surface area contributed by atoms with Gasteiger partial charge in [-0.15, -0.1) is 0 Å². The molecule has 0 aliphatic heterocycles. The van der Waals surface area contributed by atoms with Crippen LogP contribution in [-0.4, -0.2) is 53.2 Å². The quantitative estimate of drug-likeness (QED) is 0.267. The van der Waals surface area contributed by atoms with Gasteiger partial charge in [0.2, 0.25) is 5.78 Å². The van der Waals surface area contributed by atoms with Crippen LogP contribution in [0, 0.1) is 0 Å². The number of benzene rings is 2. The molecular formula is C29H26N4O4. The van der Waals surface area contributed by atoms with Crippen LogP contribution >= 0.6 is 0 Å². The van der Waals surface area contributed by atoms with E-state index in [9.17, 15) is 4.79 Å². The van der Waals surface area contributed by atoms with E-state index < -0.39 is 6.10 Å². The maximum Gasteiger partial charge on any atom is 0.211 e. The number of nitrogens with zero attached hydrogens (tertiary/aromatic N) is 2. The number of Topliss-reactive ketones (excluding diaryl/α,β-unsaturated/α-hetero) is 1. The van der Waals surface area contributed by atoms with Gasteiger partial charge in [-0.1, -0.05) is 30.3 Å². The van der Waals surface area contributed by atoms with Gasteiger partial charge in [0.1, 0.15) is 23.3 Å². The van der Waals surface area contributed by atoms with Gasteiger partial charge in [0.05, 0.1) is 48.0 Å². The molecule has 8 nitrogen and oxygen atoms in total. The second-order valence-electron chi connectivity index (χ2n) is 8.91. The fraction of sp³-hybridized carbons (Fsp3) is 0.207. The molecular weight excluding hydrogens is 468 g/mol. The van der Waals surface area contributed by atoms with Gasteiger partial charge >= 0.3 is 0 Å². The summed E-state index contributed by atoms with van der Waals surface area (Å²) in [6.45, 7) is 0. The van der Waals surface area contributed by atoms with Crippen LogP contribution in [0.2, 0.25) is 0 Å². The molecule has 4 aromatic heterocycles. The maximum atomic E-state index is 13.6. The number of pyridine rings is 2. The van der Waals surface area contributed by atoms with E-state index in [1.165, 1.54) is 0 Å². The number of methoxy groups -OCH3 is 3. The van der Waals surface area contributed by atoms with Crippen LogP contribution in [0.4, 0.5) is 0 Å². The van der Waals surface area contributed by atoms with Crippen molar-refractivity contribution in [1.29, 1.82) is 0 Å². The molecule has 8 heteroatoms. The molecule has 0 saturated heterocycles. The predicted molar refractivity (Wildman–Crippen MR) is 144 cm³/mol. The van der Waals surface area contributed by atoms with Crippen LogP contribution in [0.3, 0.4) is 0 Å². The monoisotopic (exact) mass is 494 g/mol. The number of aromatic nitrogens is 4. The van der Waals surface area contributed by atoms with E-state index in [0.717, 1.165) is 55.1 Å². The average Bonchev–Trinajstić information content (AvgIpc) is 3.52. The fourth-order valence-electron chi connectivity index (χ4n) is 5.18. The number of aromatic amines is 2. The highest BCUT2D eigenvalue weighted by atomic mass is 16.5. The van der Waals surface area contributed by atoms with E-state index >= 15 is 0 Å². The summed E-state index contributed by atoms with van der Waals surface area (Å²) in [4.78, 5) is 29.5. The van der Waals surface area contributed by atoms with Crippen molar-refractivity contribution in [3.05, 3.63) is 72.3 Å². The number of H-pyrrole nitrogens is 2. The smallest absolute Gasteiger partial charge is 0.211 e. The van der Waals surface area contributed by atoms with Gasteiger partial charge in [0.25, 0.3) is 0 Å². The van der Waals surface area contributed by atoms with Crippen molar-refractivity contribution >= 4 is 49.4 Å². The van der Waals surface area contributed by atoms with Gasteiger partial charge in [-0.05, 0) is 31.0 Å². The zero-order valence-electron chi connectivity index (χ0n) is 20.8. The van der Waals surface area contributed by atoms with Crippen molar-refractivity contribution in [2.24, 2.45) is 0 Å². The number of rotatable bonds is 8. The molecule has 2 aromatic carbocycles. The van der Waals surface area contributed by atoms with Crippen molar-refractivity contribution < 1.29 is 19.0 Å². The lowest BCUT2D eigenvalue weighted by molar-refractivity contribution is 0.0578. The third-order valence-electron chi connectivity index (χ3n) is 6.99. The third-order valence-corrected chi connectivity index (χ3v) is 6.99. The lowest BCUT2D eigenvalue weighted by Gasteiger charge is -2.14. The van der Waals surface area contributed by atoms with Crippen molar-refractivity contribution in [1.82, 2.24) is 19.9 Å². The highest BCUT2D eigenvalue weighted by molar-refractivity contribution is 6.15. The van der Waals surface area contributed by atoms with Gasteiger partial charge in [0, 0.05) is 35.0 Å². The van der Waals surface area contributed by atoms with Crippen molar-refractivity contribution in [3.63, 3.8) is 0 Å². The SMILES string of the molecule is COc1cccc2c1[nH]c1c(CCC(OC)C(=O)c3nccc4c3[nH]c3ccccc34)ncc(OC)c12. The molecule has 0 amide bonds. The molecule has 6 rings (SSSR count). The molecule has 4 heterocycles. The minimum atomic E-state index is -0.678. The fourth-order valence-corrected chi connectivity index (χ4v) is 5.18. The van der Waals surface area contributed by atoms with E-state index in [0.29, 0.717) is 24.3 Å². The van der Waals surface area contributed by atoms with E-state index in [1.54, 1.807) is 33.7 Å². The molecule has 0 radical (unpaired) electrons. The van der Waals surface area contributed by atoms with Gasteiger partial charge in [0.15, 0.2) is 0 Å². The van der Waals surface area contributed by atoms with Crippen molar-refractivity contribution in [2.75, 3.05) is 21.3 Å². The number of ether oxygens (including phenoxy) is 3. The van der Waals surface area contributed by atoms with Crippen LogP contribution in [0.1, 0.15) is 22.6 Å². The summed E-state index contributed by atoms with van der Waals surface area (Å²) in [5.41, 5.74) is 4.62. The second-order valence-corrected chi connectivity index (χ2v) is 8.91. The summed E-state index contributed by atoms with van der Waals surface area (Å²) in [7, 11) is 4.83. The Bertz CT molecular complexity index is 1790. The van der Waals surface area contributed by atoms with E-state index in [1.807, 2.05) is 48.5 Å². The number of nitrogens with one attached hydrogen (secondary N) is 2. The number of carbonyl (C=O) groups is 1. The average molecular weight is 495 g/mol. The molecule has 0 bridgehead atoms. The molecule has 2 N–H and O–H groups in total. The molecule has 0 saturated carbocycles. The zero-order valence-corrected chi connectivity index (χ0v) is 20.8. The Hall–Kier alpha value is -4.43. The number of hydrogen-bond donors (Lipinski definition) is 2. The van der Waals surface area contributed by atoms with Crippen LogP contribution in [-0.2, 0) is 11.2 Å². The van der Waals surface area contributed by atoms with Crippen LogP contribution < -0.4 is 9.47 Å². The standard InChI is InChI=1S/C29H26N4O4/c1-35-21-10-6-8-18-24-23(37-3)15-31-20(27(24)33-25(18)21)11-12-22(36-2)29(34)28-26-17(13-14-30-28)16-7-4-5-9-19(16)32-26/h4-10,13-15,22,32-33H,11-12H2,1-3H3. The van der Waals surface area contributed by atoms with Crippen molar-refractivity contribution in [3.8, 4) is 11.5 Å². The third kappa shape index (κ3) is 3.68. The number of aryl methyl sites for hydroxylation is 1. The summed E-state index contributed by atoms with van der Waals surface area (Å²) in [6, 6.07) is 15.8. The summed E-state index contributed by atoms with van der Waals surface area (Å²) >= 11 is 0. The predicted octanol–water partition coefficient (Wildman–Crippen LogP) is 5.59. The molecule has 6 aromatic rings. The van der Waals surface area contributed by atoms with Gasteiger partial charge < -0.3 is 24.2 Å². The molecule has 0 aliphatic carbocycles. The minimum Gasteiger partial charge on any atom is -0.495 e. The Morgan fingerprint density at radius 3 is 2.46 bits per heavy atom. The Balaban J connectivity index is 1.35. The molecule has 0 fully saturated rings. The van der Waals surface area contributed by atoms with E-state index in [-0.39, 0.29) is 5.78 Å². The largest absolute Gasteiger partial charge is 0.495 e. The molecule has 186 valence electrons. The number of fused-ring (bicyclic) bond motifs is 6. The molecule has 1 unspecified atom stereocenters. The lowest BCUT2D eigenvalue weighted by Crippen LogP contribution is -2.25. The Kier molecular flexibility index (Phi) is 5.73. The second kappa shape index (κ2) is 9.22. The minimum absolute atomic E-state index is 0.164. The first-order chi connectivity index (χ1) is 18.1. The Labute approximate surface area is 212 Å². The van der Waals surface area contributed by atoms with Crippen LogP contribution in [0.5, 0.6) is 11.5 Å². The van der Waals surface area contributed by atoms with Crippen LogP contribution in [0.15, 0.2) is 60.9 Å². The lowest BCUT2D eigenvalue weighted by atomic mass is 10.0. The Morgan fingerprint density at radius 1 is 0.838 bits per heavy atom. The number of hydrogen-bond acceptors (Lipinski definition) is 6. The zero-order chi connectivity index (χ0) is 25.5. The summed E-state index contributed by atoms with van der Waals surface area (Å²) in [5, 5.41) is 3.95. The highest BCUT2D eigenvalue weighted by Crippen LogP contribution is 2.38. The van der Waals surface area contributed by atoms with Crippen molar-refractivity contribution in [2.45, 2.75) is 18.9 Å². The van der Waals surface area contributed by atoms with Gasteiger partial charge in [-0.25, -0.2) is 0 Å². The first-order valence-electron chi connectivity index (χ1n) is 12.1. The number of ketones is 1. The number of para-hydroxylation sites is 2. The van der Waals surface area contributed by atoms with Crippen LogP contribution in [0.25, 0.3) is 43.6 Å². The molecule has 37 heavy (non-hydrogen) atoms. The first-order valence-corrected chi connectivity index (χ1v) is 12.1. The summed E-state index contributed by atoms with van der Waals surface area (Å²) in [5.74, 6) is 1.25. The molecule has 0 aliphatic rings. The van der Waals surface area contributed by atoms with Gasteiger partial charge in [-0.3, -0.25) is 14.8 Å². The normalized spacial score (nSPS) is 12.5. The maximum absolute atomic E-state index is 13.6. The molecule has 1 atom stereocenters. The number of carbonyl (C=O) groups excluding carboxylic acids is 1. The van der Waals surface area contributed by atoms with E-state index in [4.69, 9.17) is 14.2 Å². The van der Waals surface area contributed by atoms with Gasteiger partial charge in [-0.2, -0.15) is 0 Å². The Morgan fingerprint density at radius 2 is 1.65 bits per heavy atom. The van der Waals surface area contributed by atoms with E-state index in [2.05, 4.69) is 19.9 Å². The summed E-state index contributed by atoms with van der Waals surface area (Å²) < 4.78 is 16.9.